The van der Waals surface area contributed by atoms with Crippen LogP contribution in [0.15, 0.2) is 36.5 Å². The van der Waals surface area contributed by atoms with E-state index in [1.165, 1.54) is 0 Å². The smallest absolute Gasteiger partial charge is 0.339 e. The van der Waals surface area contributed by atoms with Crippen LogP contribution in [-0.2, 0) is 6.54 Å². The van der Waals surface area contributed by atoms with Crippen LogP contribution in [0.3, 0.4) is 0 Å². The molecule has 0 saturated carbocycles. The summed E-state index contributed by atoms with van der Waals surface area (Å²) < 4.78 is 5.71. The molecular formula is C16H16N2O3. The van der Waals surface area contributed by atoms with Crippen molar-refractivity contribution in [2.75, 3.05) is 18.1 Å². The number of benzene rings is 1. The third kappa shape index (κ3) is 2.54. The van der Waals surface area contributed by atoms with E-state index in [1.807, 2.05) is 29.2 Å². The molecule has 0 aliphatic carbocycles. The maximum absolute atomic E-state index is 11.5. The van der Waals surface area contributed by atoms with Gasteiger partial charge in [-0.05, 0) is 24.6 Å². The second kappa shape index (κ2) is 5.44. The third-order valence-electron chi connectivity index (χ3n) is 3.61. The van der Waals surface area contributed by atoms with Gasteiger partial charge in [0, 0.05) is 18.3 Å². The summed E-state index contributed by atoms with van der Waals surface area (Å²) in [5.74, 6) is 0.404. The van der Waals surface area contributed by atoms with Gasteiger partial charge in [-0.2, -0.15) is 0 Å². The minimum atomic E-state index is -0.950. The van der Waals surface area contributed by atoms with Crippen molar-refractivity contribution >= 4 is 11.8 Å². The summed E-state index contributed by atoms with van der Waals surface area (Å²) in [6, 6.07) is 9.52. The molecule has 1 aliphatic rings. The zero-order valence-corrected chi connectivity index (χ0v) is 11.7. The van der Waals surface area contributed by atoms with E-state index >= 15 is 0 Å². The van der Waals surface area contributed by atoms with Crippen molar-refractivity contribution < 1.29 is 14.6 Å². The number of para-hydroxylation sites is 1. The molecule has 0 fully saturated rings. The van der Waals surface area contributed by atoms with Gasteiger partial charge in [-0.15, -0.1) is 0 Å². The highest BCUT2D eigenvalue weighted by molar-refractivity contribution is 5.95. The van der Waals surface area contributed by atoms with Crippen LogP contribution >= 0.6 is 0 Å². The largest absolute Gasteiger partial charge is 0.491 e. The van der Waals surface area contributed by atoms with Gasteiger partial charge in [0.15, 0.2) is 0 Å². The van der Waals surface area contributed by atoms with Crippen LogP contribution < -0.4 is 9.64 Å². The minimum Gasteiger partial charge on any atom is -0.491 e. The number of rotatable bonds is 2. The molecule has 1 aromatic heterocycles. The SMILES string of the molecule is Cc1ccnc(N2CCOc3ccccc3C2)c1C(=O)O. The quantitative estimate of drug-likeness (QED) is 0.918. The third-order valence-corrected chi connectivity index (χ3v) is 3.61. The van der Waals surface area contributed by atoms with E-state index in [-0.39, 0.29) is 5.56 Å². The molecule has 0 radical (unpaired) electrons. The van der Waals surface area contributed by atoms with Gasteiger partial charge in [0.1, 0.15) is 23.7 Å². The predicted molar refractivity (Wildman–Crippen MR) is 78.9 cm³/mol. The molecule has 0 atom stereocenters. The van der Waals surface area contributed by atoms with Crippen LogP contribution in [0.1, 0.15) is 21.5 Å². The van der Waals surface area contributed by atoms with Crippen molar-refractivity contribution in [3.63, 3.8) is 0 Å². The number of pyridine rings is 1. The molecule has 1 aliphatic heterocycles. The number of aromatic carboxylic acids is 1. The number of nitrogens with zero attached hydrogens (tertiary/aromatic N) is 2. The van der Waals surface area contributed by atoms with E-state index in [1.54, 1.807) is 19.2 Å². The summed E-state index contributed by atoms with van der Waals surface area (Å²) in [6.07, 6.45) is 1.65. The van der Waals surface area contributed by atoms with Crippen molar-refractivity contribution in [2.24, 2.45) is 0 Å². The highest BCUT2D eigenvalue weighted by atomic mass is 16.5. The summed E-state index contributed by atoms with van der Waals surface area (Å²) in [4.78, 5) is 17.8. The lowest BCUT2D eigenvalue weighted by Crippen LogP contribution is -2.28. The molecule has 0 saturated heterocycles. The van der Waals surface area contributed by atoms with Crippen LogP contribution in [0.5, 0.6) is 5.75 Å². The maximum atomic E-state index is 11.5. The first-order valence-electron chi connectivity index (χ1n) is 6.81. The van der Waals surface area contributed by atoms with E-state index in [9.17, 15) is 9.90 Å². The van der Waals surface area contributed by atoms with Crippen molar-refractivity contribution in [3.05, 3.63) is 53.2 Å². The number of aryl methyl sites for hydroxylation is 1. The molecule has 2 heterocycles. The van der Waals surface area contributed by atoms with Crippen LogP contribution in [0, 0.1) is 6.92 Å². The molecule has 0 unspecified atom stereocenters. The molecule has 2 aromatic rings. The first-order chi connectivity index (χ1) is 10.2. The molecule has 1 aromatic carbocycles. The molecule has 0 bridgehead atoms. The highest BCUT2D eigenvalue weighted by Gasteiger charge is 2.22. The first kappa shape index (κ1) is 13.4. The second-order valence-corrected chi connectivity index (χ2v) is 5.01. The van der Waals surface area contributed by atoms with Crippen LogP contribution in [-0.4, -0.2) is 29.2 Å². The fourth-order valence-corrected chi connectivity index (χ4v) is 2.55. The van der Waals surface area contributed by atoms with Gasteiger partial charge in [0.2, 0.25) is 0 Å². The maximum Gasteiger partial charge on any atom is 0.339 e. The lowest BCUT2D eigenvalue weighted by atomic mass is 10.1. The van der Waals surface area contributed by atoms with Gasteiger partial charge in [0.05, 0.1) is 6.54 Å². The van der Waals surface area contributed by atoms with Gasteiger partial charge in [-0.3, -0.25) is 0 Å². The van der Waals surface area contributed by atoms with E-state index in [0.29, 0.717) is 31.1 Å². The summed E-state index contributed by atoms with van der Waals surface area (Å²) >= 11 is 0. The van der Waals surface area contributed by atoms with E-state index < -0.39 is 5.97 Å². The monoisotopic (exact) mass is 284 g/mol. The van der Waals surface area contributed by atoms with Crippen LogP contribution in [0.4, 0.5) is 5.82 Å². The molecule has 1 N–H and O–H groups in total. The van der Waals surface area contributed by atoms with Crippen molar-refractivity contribution in [3.8, 4) is 5.75 Å². The molecule has 108 valence electrons. The Morgan fingerprint density at radius 2 is 2.14 bits per heavy atom. The molecular weight excluding hydrogens is 268 g/mol. The highest BCUT2D eigenvalue weighted by Crippen LogP contribution is 2.28. The van der Waals surface area contributed by atoms with E-state index in [2.05, 4.69) is 4.98 Å². The Morgan fingerprint density at radius 1 is 1.33 bits per heavy atom. The topological polar surface area (TPSA) is 62.7 Å². The Hall–Kier alpha value is -2.56. The lowest BCUT2D eigenvalue weighted by molar-refractivity contribution is 0.0696. The number of carboxylic acid groups (broad SMARTS) is 1. The van der Waals surface area contributed by atoms with Gasteiger partial charge >= 0.3 is 5.97 Å². The average molecular weight is 284 g/mol. The van der Waals surface area contributed by atoms with E-state index in [4.69, 9.17) is 4.74 Å². The molecule has 0 spiro atoms. The minimum absolute atomic E-state index is 0.261. The Balaban J connectivity index is 2.02. The Kier molecular flexibility index (Phi) is 3.48. The number of hydrogen-bond acceptors (Lipinski definition) is 4. The van der Waals surface area contributed by atoms with Gasteiger partial charge in [0.25, 0.3) is 0 Å². The summed E-state index contributed by atoms with van der Waals surface area (Å²) in [6.45, 7) is 3.49. The van der Waals surface area contributed by atoms with Gasteiger partial charge in [-0.25, -0.2) is 9.78 Å². The summed E-state index contributed by atoms with van der Waals surface area (Å²) in [5.41, 5.74) is 2.01. The molecule has 0 amide bonds. The van der Waals surface area contributed by atoms with Crippen LogP contribution in [0.25, 0.3) is 0 Å². The standard InChI is InChI=1S/C16H16N2O3/c1-11-6-7-17-15(14(11)16(19)20)18-8-9-21-13-5-3-2-4-12(13)10-18/h2-7H,8-10H2,1H3,(H,19,20). The Bertz CT molecular complexity index is 685. The first-order valence-corrected chi connectivity index (χ1v) is 6.81. The molecule has 3 rings (SSSR count). The summed E-state index contributed by atoms with van der Waals surface area (Å²) in [5, 5.41) is 9.44. The number of ether oxygens (including phenoxy) is 1. The molecule has 21 heavy (non-hydrogen) atoms. The predicted octanol–water partition coefficient (Wildman–Crippen LogP) is 2.49. The number of aromatic nitrogens is 1. The molecule has 5 heteroatoms. The number of hydrogen-bond donors (Lipinski definition) is 1. The average Bonchev–Trinajstić information content (AvgIpc) is 2.68. The zero-order valence-electron chi connectivity index (χ0n) is 11.7. The lowest BCUT2D eigenvalue weighted by Gasteiger charge is -2.23. The molecule has 5 nitrogen and oxygen atoms in total. The number of anilines is 1. The van der Waals surface area contributed by atoms with Crippen LogP contribution in [0.2, 0.25) is 0 Å². The summed E-state index contributed by atoms with van der Waals surface area (Å²) in [7, 11) is 0. The Morgan fingerprint density at radius 3 is 2.95 bits per heavy atom. The van der Waals surface area contributed by atoms with E-state index in [0.717, 1.165) is 11.3 Å². The fraction of sp³-hybridized carbons (Fsp3) is 0.250. The second-order valence-electron chi connectivity index (χ2n) is 5.01. The van der Waals surface area contributed by atoms with Gasteiger partial charge < -0.3 is 14.7 Å². The van der Waals surface area contributed by atoms with Gasteiger partial charge in [-0.1, -0.05) is 18.2 Å². The zero-order chi connectivity index (χ0) is 14.8. The normalized spacial score (nSPS) is 14.0. The van der Waals surface area contributed by atoms with Crippen molar-refractivity contribution in [1.29, 1.82) is 0 Å². The van der Waals surface area contributed by atoms with Crippen molar-refractivity contribution in [2.45, 2.75) is 13.5 Å². The fourth-order valence-electron chi connectivity index (χ4n) is 2.55. The number of carbonyl (C=O) groups is 1. The number of carboxylic acids is 1. The number of fused-ring (bicyclic) bond motifs is 1. The Labute approximate surface area is 122 Å². The van der Waals surface area contributed by atoms with Crippen molar-refractivity contribution in [1.82, 2.24) is 4.98 Å².